The van der Waals surface area contributed by atoms with Gasteiger partial charge in [-0.25, -0.2) is 4.98 Å². The Balaban J connectivity index is 2.02. The van der Waals surface area contributed by atoms with Crippen molar-refractivity contribution in [3.8, 4) is 11.5 Å². The fourth-order valence-electron chi connectivity index (χ4n) is 3.82. The molecule has 0 atom stereocenters. The molecule has 8 heteroatoms. The number of hydrogen-bond donors (Lipinski definition) is 2. The van der Waals surface area contributed by atoms with E-state index in [2.05, 4.69) is 9.97 Å². The molecule has 3 N–H and O–H groups in total. The Hall–Kier alpha value is -2.51. The number of nitrogens with one attached hydrogen (secondary N) is 1. The van der Waals surface area contributed by atoms with Crippen LogP contribution in [0.4, 0.5) is 13.2 Å². The fraction of sp³-hybridized carbons (Fsp3) is 0.286. The Kier molecular flexibility index (Phi) is 5.04. The number of benzene rings is 2. The van der Waals surface area contributed by atoms with Crippen molar-refractivity contribution in [1.29, 1.82) is 0 Å². The van der Waals surface area contributed by atoms with E-state index in [9.17, 15) is 13.2 Å². The average Bonchev–Trinajstić information content (AvgIpc) is 3.20. The molecule has 0 amide bonds. The van der Waals surface area contributed by atoms with Gasteiger partial charge in [-0.15, -0.1) is 0 Å². The summed E-state index contributed by atoms with van der Waals surface area (Å²) in [5.74, 6) is 0.578. The lowest BCUT2D eigenvalue weighted by Gasteiger charge is -2.09. The van der Waals surface area contributed by atoms with Gasteiger partial charge in [-0.05, 0) is 55.6 Å². The third-order valence-corrected chi connectivity index (χ3v) is 5.52. The Labute approximate surface area is 170 Å². The van der Waals surface area contributed by atoms with E-state index in [1.165, 1.54) is 6.07 Å². The van der Waals surface area contributed by atoms with E-state index in [0.717, 1.165) is 35.5 Å². The lowest BCUT2D eigenvalue weighted by Crippen LogP contribution is -2.05. The highest BCUT2D eigenvalue weighted by Crippen LogP contribution is 2.42. The van der Waals surface area contributed by atoms with E-state index in [0.29, 0.717) is 29.9 Å². The van der Waals surface area contributed by atoms with Gasteiger partial charge in [0.15, 0.2) is 5.82 Å². The van der Waals surface area contributed by atoms with E-state index in [1.807, 2.05) is 35.9 Å². The molecule has 0 saturated heterocycles. The number of alkyl halides is 3. The molecule has 0 aliphatic rings. The monoisotopic (exact) mass is 420 g/mol. The summed E-state index contributed by atoms with van der Waals surface area (Å²) in [6.45, 7) is 0.519. The van der Waals surface area contributed by atoms with E-state index >= 15 is 0 Å². The Morgan fingerprint density at radius 1 is 1.14 bits per heavy atom. The molecule has 0 bridgehead atoms. The molecule has 0 aliphatic heterocycles. The Bertz CT molecular complexity index is 1190. The van der Waals surface area contributed by atoms with Crippen LogP contribution in [-0.2, 0) is 19.6 Å². The van der Waals surface area contributed by atoms with Gasteiger partial charge >= 0.3 is 6.18 Å². The topological polar surface area (TPSA) is 59.6 Å². The van der Waals surface area contributed by atoms with Gasteiger partial charge in [-0.3, -0.25) is 0 Å². The fourth-order valence-corrected chi connectivity index (χ4v) is 4.09. The molecule has 2 aromatic carbocycles. The van der Waals surface area contributed by atoms with Crippen molar-refractivity contribution >= 4 is 33.5 Å². The van der Waals surface area contributed by atoms with E-state index in [1.54, 1.807) is 0 Å². The van der Waals surface area contributed by atoms with Crippen molar-refractivity contribution in [2.75, 3.05) is 6.54 Å². The Morgan fingerprint density at radius 2 is 1.90 bits per heavy atom. The molecule has 2 aromatic heterocycles. The Morgan fingerprint density at radius 3 is 2.59 bits per heavy atom. The van der Waals surface area contributed by atoms with Crippen LogP contribution >= 0.6 is 11.6 Å². The number of aryl methyl sites for hydroxylation is 2. The van der Waals surface area contributed by atoms with Crippen LogP contribution in [0.3, 0.4) is 0 Å². The van der Waals surface area contributed by atoms with Crippen LogP contribution in [0, 0.1) is 0 Å². The van der Waals surface area contributed by atoms with E-state index < -0.39 is 11.7 Å². The lowest BCUT2D eigenvalue weighted by atomic mass is 10.0. The maximum Gasteiger partial charge on any atom is 0.418 e. The summed E-state index contributed by atoms with van der Waals surface area (Å²) in [7, 11) is 1.85. The molecule has 0 saturated carbocycles. The maximum absolute atomic E-state index is 13.6. The SMILES string of the molecule is Cn1c(-c2[nH]c3c(C(F)(F)F)ccc(Cl)c3c2CCCCN)nc2ccccc21. The van der Waals surface area contributed by atoms with Crippen LogP contribution in [0.5, 0.6) is 0 Å². The molecule has 0 unspecified atom stereocenters. The van der Waals surface area contributed by atoms with Crippen LogP contribution < -0.4 is 5.73 Å². The molecular weight excluding hydrogens is 401 g/mol. The van der Waals surface area contributed by atoms with Gasteiger partial charge < -0.3 is 15.3 Å². The van der Waals surface area contributed by atoms with Gasteiger partial charge in [0, 0.05) is 12.4 Å². The number of unbranched alkanes of at least 4 members (excludes halogenated alkanes) is 1. The second-order valence-corrected chi connectivity index (χ2v) is 7.46. The molecule has 152 valence electrons. The summed E-state index contributed by atoms with van der Waals surface area (Å²) in [4.78, 5) is 7.68. The number of nitrogens with zero attached hydrogens (tertiary/aromatic N) is 2. The number of fused-ring (bicyclic) bond motifs is 2. The molecular formula is C21H20ClF3N4. The molecule has 0 radical (unpaired) electrons. The van der Waals surface area contributed by atoms with Crippen LogP contribution in [0.2, 0.25) is 5.02 Å². The van der Waals surface area contributed by atoms with Crippen LogP contribution in [-0.4, -0.2) is 21.1 Å². The number of aromatic nitrogens is 3. The minimum atomic E-state index is -4.49. The standard InChI is InChI=1S/C21H20ClF3N4/c1-29-16-8-3-2-7-15(16)27-20(29)18-12(6-4-5-11-26)17-14(22)10-9-13(19(17)28-18)21(23,24)25/h2-3,7-10,28H,4-6,11,26H2,1H3. The van der Waals surface area contributed by atoms with Crippen molar-refractivity contribution in [2.24, 2.45) is 12.8 Å². The maximum atomic E-state index is 13.6. The molecule has 4 aromatic rings. The molecule has 2 heterocycles. The van der Waals surface area contributed by atoms with Gasteiger partial charge in [-0.2, -0.15) is 13.2 Å². The first-order valence-corrected chi connectivity index (χ1v) is 9.73. The van der Waals surface area contributed by atoms with Gasteiger partial charge in [0.25, 0.3) is 0 Å². The van der Waals surface area contributed by atoms with Crippen LogP contribution in [0.1, 0.15) is 24.0 Å². The molecule has 0 aliphatic carbocycles. The second-order valence-electron chi connectivity index (χ2n) is 7.05. The van der Waals surface area contributed by atoms with Crippen molar-refractivity contribution in [3.05, 3.63) is 52.5 Å². The molecule has 4 nitrogen and oxygen atoms in total. The van der Waals surface area contributed by atoms with E-state index in [-0.39, 0.29) is 10.5 Å². The number of para-hydroxylation sites is 2. The minimum Gasteiger partial charge on any atom is -0.351 e. The predicted molar refractivity (Wildman–Crippen MR) is 110 cm³/mol. The first kappa shape index (κ1) is 19.8. The normalized spacial score (nSPS) is 12.3. The smallest absolute Gasteiger partial charge is 0.351 e. The van der Waals surface area contributed by atoms with Gasteiger partial charge in [-0.1, -0.05) is 23.7 Å². The van der Waals surface area contributed by atoms with Gasteiger partial charge in [0.05, 0.1) is 32.8 Å². The highest BCUT2D eigenvalue weighted by Gasteiger charge is 2.35. The number of imidazole rings is 1. The summed E-state index contributed by atoms with van der Waals surface area (Å²) in [6, 6.07) is 9.92. The van der Waals surface area contributed by atoms with Crippen molar-refractivity contribution in [3.63, 3.8) is 0 Å². The average molecular weight is 421 g/mol. The minimum absolute atomic E-state index is 0.00481. The number of nitrogens with two attached hydrogens (primary N) is 1. The quantitative estimate of drug-likeness (QED) is 0.408. The molecule has 29 heavy (non-hydrogen) atoms. The molecule has 4 rings (SSSR count). The van der Waals surface area contributed by atoms with Crippen molar-refractivity contribution < 1.29 is 13.2 Å². The zero-order chi connectivity index (χ0) is 20.8. The van der Waals surface area contributed by atoms with Crippen molar-refractivity contribution in [1.82, 2.24) is 14.5 Å². The largest absolute Gasteiger partial charge is 0.418 e. The lowest BCUT2D eigenvalue weighted by molar-refractivity contribution is -0.136. The number of hydrogen-bond acceptors (Lipinski definition) is 2. The van der Waals surface area contributed by atoms with Crippen LogP contribution in [0.15, 0.2) is 36.4 Å². The van der Waals surface area contributed by atoms with Crippen LogP contribution in [0.25, 0.3) is 33.5 Å². The number of aromatic amines is 1. The summed E-state index contributed by atoms with van der Waals surface area (Å²) < 4.78 is 42.8. The summed E-state index contributed by atoms with van der Waals surface area (Å²) in [5.41, 5.74) is 7.86. The first-order valence-electron chi connectivity index (χ1n) is 9.35. The van der Waals surface area contributed by atoms with E-state index in [4.69, 9.17) is 17.3 Å². The molecule has 0 fully saturated rings. The first-order chi connectivity index (χ1) is 13.8. The number of rotatable bonds is 5. The zero-order valence-electron chi connectivity index (χ0n) is 15.8. The van der Waals surface area contributed by atoms with Gasteiger partial charge in [0.2, 0.25) is 0 Å². The van der Waals surface area contributed by atoms with Crippen molar-refractivity contribution in [2.45, 2.75) is 25.4 Å². The zero-order valence-corrected chi connectivity index (χ0v) is 16.5. The van der Waals surface area contributed by atoms with Gasteiger partial charge in [0.1, 0.15) is 0 Å². The number of H-pyrrole nitrogens is 1. The third-order valence-electron chi connectivity index (χ3n) is 5.21. The molecule has 0 spiro atoms. The summed E-state index contributed by atoms with van der Waals surface area (Å²) >= 11 is 6.38. The summed E-state index contributed by atoms with van der Waals surface area (Å²) in [5, 5.41) is 0.692. The number of halogens is 4. The predicted octanol–water partition coefficient (Wildman–Crippen LogP) is 5.68. The summed E-state index contributed by atoms with van der Waals surface area (Å²) in [6.07, 6.45) is -2.43. The highest BCUT2D eigenvalue weighted by atomic mass is 35.5. The second kappa shape index (κ2) is 7.39. The third kappa shape index (κ3) is 3.38. The highest BCUT2D eigenvalue weighted by molar-refractivity contribution is 6.36.